The van der Waals surface area contributed by atoms with Crippen molar-refractivity contribution in [3.8, 4) is 11.8 Å². The van der Waals surface area contributed by atoms with Gasteiger partial charge in [0.05, 0.1) is 5.69 Å². The largest absolute Gasteiger partial charge is 0.324 e. The first-order valence-corrected chi connectivity index (χ1v) is 11.1. The Labute approximate surface area is 194 Å². The lowest BCUT2D eigenvalue weighted by atomic mass is 10.2. The number of halogens is 1. The SMILES string of the molecule is N#Cc1c(SCc2ccccc2Cl)nn(-c2ccccc2)c1NC(=O)Nc1ccccc1. The van der Waals surface area contributed by atoms with E-state index in [4.69, 9.17) is 11.6 Å². The van der Waals surface area contributed by atoms with Gasteiger partial charge in [-0.2, -0.15) is 10.4 Å². The van der Waals surface area contributed by atoms with Gasteiger partial charge in [0.1, 0.15) is 16.7 Å². The maximum absolute atomic E-state index is 12.7. The van der Waals surface area contributed by atoms with Crippen molar-refractivity contribution in [1.82, 2.24) is 9.78 Å². The second kappa shape index (κ2) is 10.1. The Morgan fingerprint density at radius 3 is 2.31 bits per heavy atom. The van der Waals surface area contributed by atoms with Gasteiger partial charge < -0.3 is 5.32 Å². The second-order valence-electron chi connectivity index (χ2n) is 6.71. The number of anilines is 2. The van der Waals surface area contributed by atoms with Crippen molar-refractivity contribution >= 4 is 40.9 Å². The summed E-state index contributed by atoms with van der Waals surface area (Å²) in [5.41, 5.74) is 2.59. The minimum Gasteiger partial charge on any atom is -0.308 e. The number of carbonyl (C=O) groups is 1. The topological polar surface area (TPSA) is 82.7 Å². The molecule has 1 heterocycles. The molecule has 0 aliphatic rings. The van der Waals surface area contributed by atoms with Gasteiger partial charge in [0.2, 0.25) is 0 Å². The molecule has 0 saturated heterocycles. The van der Waals surface area contributed by atoms with E-state index in [1.807, 2.05) is 72.8 Å². The summed E-state index contributed by atoms with van der Waals surface area (Å²) in [6, 6.07) is 27.7. The highest BCUT2D eigenvalue weighted by molar-refractivity contribution is 7.98. The molecule has 4 aromatic rings. The molecule has 4 rings (SSSR count). The zero-order valence-corrected chi connectivity index (χ0v) is 18.4. The van der Waals surface area contributed by atoms with E-state index in [1.165, 1.54) is 11.8 Å². The Kier molecular flexibility index (Phi) is 6.75. The predicted octanol–water partition coefficient (Wildman–Crippen LogP) is 6.33. The van der Waals surface area contributed by atoms with Crippen LogP contribution in [0.2, 0.25) is 5.02 Å². The fourth-order valence-corrected chi connectivity index (χ4v) is 4.28. The molecular weight excluding hydrogens is 442 g/mol. The number of benzene rings is 3. The minimum absolute atomic E-state index is 0.286. The van der Waals surface area contributed by atoms with Gasteiger partial charge in [-0.25, -0.2) is 9.48 Å². The highest BCUT2D eigenvalue weighted by Gasteiger charge is 2.21. The number of hydrogen-bond acceptors (Lipinski definition) is 4. The smallest absolute Gasteiger partial charge is 0.308 e. The zero-order chi connectivity index (χ0) is 22.3. The Hall–Kier alpha value is -3.73. The van der Waals surface area contributed by atoms with E-state index < -0.39 is 6.03 Å². The number of aromatic nitrogens is 2. The molecule has 0 aliphatic carbocycles. The molecular formula is C24H18ClN5OS. The van der Waals surface area contributed by atoms with Crippen LogP contribution in [0.1, 0.15) is 11.1 Å². The molecule has 0 saturated carbocycles. The van der Waals surface area contributed by atoms with E-state index in [9.17, 15) is 10.1 Å². The highest BCUT2D eigenvalue weighted by Crippen LogP contribution is 2.33. The van der Waals surface area contributed by atoms with Crippen LogP contribution in [0.4, 0.5) is 16.3 Å². The molecule has 0 aliphatic heterocycles. The van der Waals surface area contributed by atoms with Crippen LogP contribution in [-0.4, -0.2) is 15.8 Å². The lowest BCUT2D eigenvalue weighted by molar-refractivity contribution is 0.262. The summed E-state index contributed by atoms with van der Waals surface area (Å²) in [5.74, 6) is 0.837. The van der Waals surface area contributed by atoms with Crippen molar-refractivity contribution in [3.05, 3.63) is 101 Å². The zero-order valence-electron chi connectivity index (χ0n) is 16.8. The van der Waals surface area contributed by atoms with Crippen molar-refractivity contribution in [2.24, 2.45) is 0 Å². The van der Waals surface area contributed by atoms with Gasteiger partial charge in [-0.05, 0) is 35.9 Å². The van der Waals surface area contributed by atoms with E-state index in [2.05, 4.69) is 21.8 Å². The predicted molar refractivity (Wildman–Crippen MR) is 128 cm³/mol. The van der Waals surface area contributed by atoms with Gasteiger partial charge >= 0.3 is 6.03 Å². The van der Waals surface area contributed by atoms with Crippen LogP contribution >= 0.6 is 23.4 Å². The van der Waals surface area contributed by atoms with Gasteiger partial charge in [-0.3, -0.25) is 5.32 Å². The molecule has 0 spiro atoms. The van der Waals surface area contributed by atoms with Crippen molar-refractivity contribution in [3.63, 3.8) is 0 Å². The fraction of sp³-hybridized carbons (Fsp3) is 0.0417. The summed E-state index contributed by atoms with van der Waals surface area (Å²) < 4.78 is 1.57. The minimum atomic E-state index is -0.465. The first-order chi connectivity index (χ1) is 15.7. The molecule has 0 unspecified atom stereocenters. The van der Waals surface area contributed by atoms with Crippen molar-refractivity contribution in [1.29, 1.82) is 5.26 Å². The first kappa shape index (κ1) is 21.5. The molecule has 0 fully saturated rings. The van der Waals surface area contributed by atoms with E-state index in [0.717, 1.165) is 11.3 Å². The fourth-order valence-electron chi connectivity index (χ4n) is 3.02. The number of amides is 2. The Morgan fingerprint density at radius 2 is 1.62 bits per heavy atom. The van der Waals surface area contributed by atoms with Gasteiger partial charge in [-0.1, -0.05) is 78.0 Å². The third-order valence-electron chi connectivity index (χ3n) is 4.55. The number of thioether (sulfide) groups is 1. The van der Waals surface area contributed by atoms with Crippen LogP contribution in [0.3, 0.4) is 0 Å². The molecule has 0 atom stereocenters. The number of para-hydroxylation sites is 2. The quantitative estimate of drug-likeness (QED) is 0.330. The molecule has 6 nitrogen and oxygen atoms in total. The van der Waals surface area contributed by atoms with Crippen LogP contribution < -0.4 is 10.6 Å². The van der Waals surface area contributed by atoms with Crippen molar-refractivity contribution < 1.29 is 4.79 Å². The second-order valence-corrected chi connectivity index (χ2v) is 8.08. The summed E-state index contributed by atoms with van der Waals surface area (Å²) in [6.07, 6.45) is 0. The van der Waals surface area contributed by atoms with E-state index in [1.54, 1.807) is 16.8 Å². The first-order valence-electron chi connectivity index (χ1n) is 9.73. The highest BCUT2D eigenvalue weighted by atomic mass is 35.5. The van der Waals surface area contributed by atoms with Crippen LogP contribution in [-0.2, 0) is 5.75 Å². The molecule has 2 amide bonds. The molecule has 158 valence electrons. The van der Waals surface area contributed by atoms with Crippen molar-refractivity contribution in [2.75, 3.05) is 10.6 Å². The third-order valence-corrected chi connectivity index (χ3v) is 5.93. The number of nitriles is 1. The number of urea groups is 1. The summed E-state index contributed by atoms with van der Waals surface area (Å²) in [5, 5.41) is 21.3. The number of nitrogens with zero attached hydrogens (tertiary/aromatic N) is 3. The molecule has 0 radical (unpaired) electrons. The number of hydrogen-bond donors (Lipinski definition) is 2. The number of rotatable bonds is 6. The van der Waals surface area contributed by atoms with Crippen LogP contribution in [0.15, 0.2) is 90.0 Å². The van der Waals surface area contributed by atoms with Crippen molar-refractivity contribution in [2.45, 2.75) is 10.8 Å². The normalized spacial score (nSPS) is 10.4. The summed E-state index contributed by atoms with van der Waals surface area (Å²) in [7, 11) is 0. The number of carbonyl (C=O) groups excluding carboxylic acids is 1. The summed E-state index contributed by atoms with van der Waals surface area (Å²) in [6.45, 7) is 0. The molecule has 0 bridgehead atoms. The maximum Gasteiger partial charge on any atom is 0.324 e. The van der Waals surface area contributed by atoms with Crippen LogP contribution in [0.5, 0.6) is 0 Å². The number of nitrogens with one attached hydrogen (secondary N) is 2. The molecule has 1 aromatic heterocycles. The third kappa shape index (κ3) is 4.94. The van der Waals surface area contributed by atoms with Crippen LogP contribution in [0, 0.1) is 11.3 Å². The van der Waals surface area contributed by atoms with E-state index >= 15 is 0 Å². The van der Waals surface area contributed by atoms with E-state index in [0.29, 0.717) is 27.3 Å². The summed E-state index contributed by atoms with van der Waals surface area (Å²) in [4.78, 5) is 12.7. The molecule has 32 heavy (non-hydrogen) atoms. The monoisotopic (exact) mass is 459 g/mol. The van der Waals surface area contributed by atoms with Gasteiger partial charge in [0.15, 0.2) is 5.82 Å². The van der Waals surface area contributed by atoms with Gasteiger partial charge in [0, 0.05) is 16.5 Å². The molecule has 3 aromatic carbocycles. The average molecular weight is 460 g/mol. The Bertz CT molecular complexity index is 1270. The lowest BCUT2D eigenvalue weighted by Gasteiger charge is -2.10. The van der Waals surface area contributed by atoms with Gasteiger partial charge in [-0.15, -0.1) is 0 Å². The standard InChI is InChI=1S/C24H18ClN5OS/c25-21-14-8-7-9-17(21)16-32-23-20(15-26)22(30(29-23)19-12-5-2-6-13-19)28-24(31)27-18-10-3-1-4-11-18/h1-14H,16H2,(H2,27,28,31). The maximum atomic E-state index is 12.7. The Morgan fingerprint density at radius 1 is 0.969 bits per heavy atom. The average Bonchev–Trinajstić information content (AvgIpc) is 3.16. The van der Waals surface area contributed by atoms with Gasteiger partial charge in [0.25, 0.3) is 0 Å². The lowest BCUT2D eigenvalue weighted by Crippen LogP contribution is -2.21. The van der Waals surface area contributed by atoms with Crippen LogP contribution in [0.25, 0.3) is 5.69 Å². The molecule has 2 N–H and O–H groups in total. The Balaban J connectivity index is 1.66. The van der Waals surface area contributed by atoms with E-state index in [-0.39, 0.29) is 5.56 Å². The molecule has 8 heteroatoms. The summed E-state index contributed by atoms with van der Waals surface area (Å²) >= 11 is 7.66.